The van der Waals surface area contributed by atoms with Crippen molar-refractivity contribution in [3.63, 3.8) is 0 Å². The van der Waals surface area contributed by atoms with Gasteiger partial charge in [0.2, 0.25) is 11.8 Å². The van der Waals surface area contributed by atoms with Crippen molar-refractivity contribution in [3.8, 4) is 0 Å². The number of rotatable bonds is 4. The van der Waals surface area contributed by atoms with Crippen LogP contribution in [0.5, 0.6) is 0 Å². The summed E-state index contributed by atoms with van der Waals surface area (Å²) in [5.41, 5.74) is 1.36. The van der Waals surface area contributed by atoms with Gasteiger partial charge in [0, 0.05) is 32.1 Å². The summed E-state index contributed by atoms with van der Waals surface area (Å²) in [5.74, 6) is -0.00238. The maximum absolute atomic E-state index is 13.6. The lowest BCUT2D eigenvalue weighted by atomic mass is 9.94. The highest BCUT2D eigenvalue weighted by atomic mass is 19.1. The van der Waals surface area contributed by atoms with Crippen LogP contribution in [0.25, 0.3) is 0 Å². The molecule has 6 heteroatoms. The zero-order valence-electron chi connectivity index (χ0n) is 14.7. The van der Waals surface area contributed by atoms with Crippen molar-refractivity contribution >= 4 is 11.8 Å². The van der Waals surface area contributed by atoms with Crippen molar-refractivity contribution in [3.05, 3.63) is 35.1 Å². The third-order valence-corrected chi connectivity index (χ3v) is 5.29. The molecule has 0 bridgehead atoms. The number of piperidine rings is 1. The monoisotopic (exact) mass is 347 g/mol. The predicted molar refractivity (Wildman–Crippen MR) is 93.3 cm³/mol. The van der Waals surface area contributed by atoms with Crippen LogP contribution < -0.4 is 10.6 Å². The largest absolute Gasteiger partial charge is 0.352 e. The first-order valence-electron chi connectivity index (χ1n) is 9.07. The molecule has 2 heterocycles. The highest BCUT2D eigenvalue weighted by Crippen LogP contribution is 2.21. The molecule has 0 aliphatic carbocycles. The Bertz CT molecular complexity index is 636. The molecule has 1 aromatic rings. The Kier molecular flexibility index (Phi) is 5.68. The van der Waals surface area contributed by atoms with Crippen LogP contribution >= 0.6 is 0 Å². The molecule has 1 atom stereocenters. The summed E-state index contributed by atoms with van der Waals surface area (Å²) >= 11 is 0. The number of amides is 2. The molecule has 0 saturated carbocycles. The molecule has 5 nitrogen and oxygen atoms in total. The average molecular weight is 347 g/mol. The fourth-order valence-corrected chi connectivity index (χ4v) is 3.57. The molecular formula is C19H26FN3O2. The summed E-state index contributed by atoms with van der Waals surface area (Å²) in [5, 5.41) is 6.12. The summed E-state index contributed by atoms with van der Waals surface area (Å²) in [4.78, 5) is 26.6. The molecule has 1 unspecified atom stereocenters. The van der Waals surface area contributed by atoms with Crippen LogP contribution in [0.4, 0.5) is 4.39 Å². The summed E-state index contributed by atoms with van der Waals surface area (Å²) < 4.78 is 13.6. The lowest BCUT2D eigenvalue weighted by Gasteiger charge is -2.32. The Balaban J connectivity index is 1.44. The van der Waals surface area contributed by atoms with E-state index in [0.29, 0.717) is 38.0 Å². The van der Waals surface area contributed by atoms with Gasteiger partial charge in [-0.1, -0.05) is 12.1 Å². The maximum atomic E-state index is 13.6. The Morgan fingerprint density at radius 1 is 1.24 bits per heavy atom. The zero-order chi connectivity index (χ0) is 17.8. The lowest BCUT2D eigenvalue weighted by Crippen LogP contribution is -2.45. The van der Waals surface area contributed by atoms with Gasteiger partial charge in [0.15, 0.2) is 0 Å². The number of benzene rings is 1. The number of aryl methyl sites for hydroxylation is 1. The Hall–Kier alpha value is -1.95. The van der Waals surface area contributed by atoms with Gasteiger partial charge in [-0.3, -0.25) is 9.59 Å². The minimum Gasteiger partial charge on any atom is -0.352 e. The van der Waals surface area contributed by atoms with E-state index < -0.39 is 0 Å². The first kappa shape index (κ1) is 17.9. The molecule has 0 aromatic heterocycles. The van der Waals surface area contributed by atoms with E-state index in [0.717, 1.165) is 25.1 Å². The maximum Gasteiger partial charge on any atom is 0.227 e. The third-order valence-electron chi connectivity index (χ3n) is 5.29. The molecule has 25 heavy (non-hydrogen) atoms. The molecule has 2 saturated heterocycles. The normalized spacial score (nSPS) is 21.4. The molecule has 2 aliphatic heterocycles. The molecule has 3 rings (SSSR count). The van der Waals surface area contributed by atoms with E-state index in [9.17, 15) is 14.0 Å². The van der Waals surface area contributed by atoms with E-state index in [1.807, 2.05) is 11.0 Å². The Labute approximate surface area is 148 Å². The zero-order valence-corrected chi connectivity index (χ0v) is 14.7. The number of hydrogen-bond donors (Lipinski definition) is 2. The van der Waals surface area contributed by atoms with Gasteiger partial charge in [-0.05, 0) is 49.9 Å². The van der Waals surface area contributed by atoms with Gasteiger partial charge in [-0.2, -0.15) is 0 Å². The van der Waals surface area contributed by atoms with Gasteiger partial charge in [-0.25, -0.2) is 4.39 Å². The van der Waals surface area contributed by atoms with E-state index in [1.165, 1.54) is 6.07 Å². The third kappa shape index (κ3) is 4.37. The Morgan fingerprint density at radius 2 is 2.00 bits per heavy atom. The second kappa shape index (κ2) is 7.95. The summed E-state index contributed by atoms with van der Waals surface area (Å²) in [7, 11) is 0. The van der Waals surface area contributed by atoms with Gasteiger partial charge in [0.25, 0.3) is 0 Å². The van der Waals surface area contributed by atoms with Gasteiger partial charge in [0.1, 0.15) is 5.82 Å². The van der Waals surface area contributed by atoms with Gasteiger partial charge < -0.3 is 15.5 Å². The molecule has 136 valence electrons. The lowest BCUT2D eigenvalue weighted by molar-refractivity contribution is -0.138. The highest BCUT2D eigenvalue weighted by Gasteiger charge is 2.31. The van der Waals surface area contributed by atoms with E-state index in [-0.39, 0.29) is 29.5 Å². The SMILES string of the molecule is Cc1ccc(CNC(=O)C2CCN(C(=O)C3CCNC3)CC2)cc1F. The minimum absolute atomic E-state index is 0.00406. The first-order valence-corrected chi connectivity index (χ1v) is 9.07. The van der Waals surface area contributed by atoms with Crippen LogP contribution in [0, 0.1) is 24.6 Å². The number of nitrogens with one attached hydrogen (secondary N) is 2. The van der Waals surface area contributed by atoms with E-state index in [2.05, 4.69) is 10.6 Å². The number of carbonyl (C=O) groups excluding carboxylic acids is 2. The van der Waals surface area contributed by atoms with Crippen molar-refractivity contribution in [2.45, 2.75) is 32.7 Å². The van der Waals surface area contributed by atoms with Gasteiger partial charge in [0.05, 0.1) is 5.92 Å². The number of nitrogens with zero attached hydrogens (tertiary/aromatic N) is 1. The van der Waals surface area contributed by atoms with Crippen molar-refractivity contribution < 1.29 is 14.0 Å². The number of halogens is 1. The van der Waals surface area contributed by atoms with Crippen LogP contribution in [0.2, 0.25) is 0 Å². The smallest absolute Gasteiger partial charge is 0.227 e. The quantitative estimate of drug-likeness (QED) is 0.870. The molecular weight excluding hydrogens is 321 g/mol. The molecule has 1 aromatic carbocycles. The van der Waals surface area contributed by atoms with Crippen molar-refractivity contribution in [2.75, 3.05) is 26.2 Å². The van der Waals surface area contributed by atoms with Crippen LogP contribution in [0.15, 0.2) is 18.2 Å². The number of likely N-dealkylation sites (tertiary alicyclic amines) is 1. The first-order chi connectivity index (χ1) is 12.0. The topological polar surface area (TPSA) is 61.4 Å². The van der Waals surface area contributed by atoms with Crippen molar-refractivity contribution in [1.82, 2.24) is 15.5 Å². The summed E-state index contributed by atoms with van der Waals surface area (Å²) in [6, 6.07) is 5.01. The van der Waals surface area contributed by atoms with E-state index >= 15 is 0 Å². The second-order valence-electron chi connectivity index (χ2n) is 7.09. The van der Waals surface area contributed by atoms with E-state index in [1.54, 1.807) is 13.0 Å². The molecule has 0 spiro atoms. The van der Waals surface area contributed by atoms with Gasteiger partial charge in [-0.15, -0.1) is 0 Å². The molecule has 0 radical (unpaired) electrons. The van der Waals surface area contributed by atoms with E-state index in [4.69, 9.17) is 0 Å². The summed E-state index contributed by atoms with van der Waals surface area (Å²) in [6.07, 6.45) is 2.30. The highest BCUT2D eigenvalue weighted by molar-refractivity contribution is 5.81. The average Bonchev–Trinajstić information content (AvgIpc) is 3.16. The predicted octanol–water partition coefficient (Wildman–Crippen LogP) is 1.60. The second-order valence-corrected chi connectivity index (χ2v) is 7.09. The fourth-order valence-electron chi connectivity index (χ4n) is 3.57. The molecule has 2 fully saturated rings. The summed E-state index contributed by atoms with van der Waals surface area (Å²) in [6.45, 7) is 5.03. The van der Waals surface area contributed by atoms with Crippen molar-refractivity contribution in [2.24, 2.45) is 11.8 Å². The molecule has 2 amide bonds. The van der Waals surface area contributed by atoms with Crippen molar-refractivity contribution in [1.29, 1.82) is 0 Å². The van der Waals surface area contributed by atoms with Gasteiger partial charge >= 0.3 is 0 Å². The number of carbonyl (C=O) groups is 2. The van der Waals surface area contributed by atoms with Crippen LogP contribution in [0.1, 0.15) is 30.4 Å². The molecule has 2 aliphatic rings. The van der Waals surface area contributed by atoms with Crippen LogP contribution in [-0.2, 0) is 16.1 Å². The van der Waals surface area contributed by atoms with Crippen LogP contribution in [-0.4, -0.2) is 42.9 Å². The fraction of sp³-hybridized carbons (Fsp3) is 0.579. The Morgan fingerprint density at radius 3 is 2.64 bits per heavy atom. The number of hydrogen-bond acceptors (Lipinski definition) is 3. The standard InChI is InChI=1S/C19H26FN3O2/c1-13-2-3-14(10-17(13)20)11-22-18(24)15-5-8-23(9-6-15)19(25)16-4-7-21-12-16/h2-3,10,15-16,21H,4-9,11-12H2,1H3,(H,22,24). The molecule has 2 N–H and O–H groups in total. The van der Waals surface area contributed by atoms with Crippen LogP contribution in [0.3, 0.4) is 0 Å². The minimum atomic E-state index is -0.250.